The Balaban J connectivity index is 1.65. The molecule has 3 aromatic rings. The zero-order valence-corrected chi connectivity index (χ0v) is 18.1. The summed E-state index contributed by atoms with van der Waals surface area (Å²) in [6, 6.07) is 10.8. The average Bonchev–Trinajstić information content (AvgIpc) is 3.13. The minimum Gasteiger partial charge on any atom is -0.481 e. The molecule has 0 saturated heterocycles. The lowest BCUT2D eigenvalue weighted by molar-refractivity contribution is -0.137. The van der Waals surface area contributed by atoms with Gasteiger partial charge in [0.1, 0.15) is 5.75 Å². The monoisotopic (exact) mass is 433 g/mol. The molecule has 8 heteroatoms. The fraction of sp³-hybridized carbons (Fsp3) is 0.286. The molecular weight excluding hydrogens is 413 g/mol. The van der Waals surface area contributed by atoms with E-state index in [1.165, 1.54) is 4.90 Å². The Kier molecular flexibility index (Phi) is 6.45. The predicted molar refractivity (Wildman–Crippen MR) is 112 cm³/mol. The van der Waals surface area contributed by atoms with Crippen molar-refractivity contribution in [2.24, 2.45) is 0 Å². The first-order chi connectivity index (χ1) is 13.8. The molecule has 0 aliphatic heterocycles. The minimum absolute atomic E-state index is 0.155. The molecule has 0 unspecified atom stereocenters. The molecule has 3 rings (SSSR count). The van der Waals surface area contributed by atoms with Crippen molar-refractivity contribution >= 4 is 29.1 Å². The minimum atomic E-state index is -0.689. The first kappa shape index (κ1) is 21.1. The second-order valence-electron chi connectivity index (χ2n) is 6.82. The van der Waals surface area contributed by atoms with Crippen molar-refractivity contribution in [1.29, 1.82) is 0 Å². The van der Waals surface area contributed by atoms with Gasteiger partial charge in [-0.1, -0.05) is 40.5 Å². The second kappa shape index (κ2) is 8.84. The molecule has 0 aliphatic rings. The Morgan fingerprint density at radius 2 is 1.86 bits per heavy atom. The van der Waals surface area contributed by atoms with Crippen LogP contribution in [0.2, 0.25) is 10.0 Å². The van der Waals surface area contributed by atoms with Crippen LogP contribution in [-0.2, 0) is 11.3 Å². The van der Waals surface area contributed by atoms with Gasteiger partial charge in [-0.25, -0.2) is 0 Å². The van der Waals surface area contributed by atoms with Crippen molar-refractivity contribution in [3.05, 3.63) is 63.5 Å². The van der Waals surface area contributed by atoms with Crippen molar-refractivity contribution in [1.82, 2.24) is 15.0 Å². The van der Waals surface area contributed by atoms with Gasteiger partial charge in [0, 0.05) is 17.6 Å². The molecule has 0 N–H and O–H groups in total. The molecule has 1 amide bonds. The first-order valence-corrected chi connectivity index (χ1v) is 9.77. The Hall–Kier alpha value is -2.57. The maximum absolute atomic E-state index is 12.7. The summed E-state index contributed by atoms with van der Waals surface area (Å²) in [6.07, 6.45) is -0.689. The number of carbonyl (C=O) groups excluding carboxylic acids is 1. The zero-order valence-electron chi connectivity index (χ0n) is 16.6. The van der Waals surface area contributed by atoms with E-state index < -0.39 is 6.10 Å². The Morgan fingerprint density at radius 3 is 2.52 bits per heavy atom. The van der Waals surface area contributed by atoms with E-state index in [2.05, 4.69) is 10.1 Å². The third kappa shape index (κ3) is 4.89. The highest BCUT2D eigenvalue weighted by atomic mass is 35.5. The summed E-state index contributed by atoms with van der Waals surface area (Å²) >= 11 is 12.3. The normalized spacial score (nSPS) is 11.9. The third-order valence-corrected chi connectivity index (χ3v) is 5.33. The second-order valence-corrected chi connectivity index (χ2v) is 7.60. The molecule has 0 fully saturated rings. The topological polar surface area (TPSA) is 68.5 Å². The fourth-order valence-corrected chi connectivity index (χ4v) is 3.22. The quantitative estimate of drug-likeness (QED) is 0.541. The maximum atomic E-state index is 12.7. The van der Waals surface area contributed by atoms with Gasteiger partial charge in [-0.15, -0.1) is 0 Å². The van der Waals surface area contributed by atoms with Crippen molar-refractivity contribution in [2.75, 3.05) is 7.05 Å². The molecule has 0 aliphatic carbocycles. The standard InChI is InChI=1S/C21H21Cl2N3O3/c1-12-9-15(10-13(2)19(12)23)28-14(3)21(27)26(4)11-18-24-20(25-29-18)16-7-5-6-8-17(16)22/h5-10,14H,11H2,1-4H3/t14-/m1/s1. The third-order valence-electron chi connectivity index (χ3n) is 4.40. The molecule has 0 spiro atoms. The molecule has 2 aromatic carbocycles. The van der Waals surface area contributed by atoms with E-state index >= 15 is 0 Å². The predicted octanol–water partition coefficient (Wildman–Crippen LogP) is 5.09. The lowest BCUT2D eigenvalue weighted by Crippen LogP contribution is -2.37. The molecule has 0 radical (unpaired) electrons. The summed E-state index contributed by atoms with van der Waals surface area (Å²) in [6.45, 7) is 5.64. The van der Waals surface area contributed by atoms with Gasteiger partial charge in [0.15, 0.2) is 6.10 Å². The van der Waals surface area contributed by atoms with Gasteiger partial charge < -0.3 is 14.2 Å². The van der Waals surface area contributed by atoms with Gasteiger partial charge in [-0.2, -0.15) is 4.98 Å². The van der Waals surface area contributed by atoms with Gasteiger partial charge in [0.05, 0.1) is 11.6 Å². The zero-order chi connectivity index (χ0) is 21.1. The van der Waals surface area contributed by atoms with Crippen molar-refractivity contribution in [2.45, 2.75) is 33.4 Å². The number of carbonyl (C=O) groups is 1. The summed E-state index contributed by atoms with van der Waals surface area (Å²) in [5, 5.41) is 5.17. The molecule has 6 nitrogen and oxygen atoms in total. The highest BCUT2D eigenvalue weighted by Gasteiger charge is 2.22. The maximum Gasteiger partial charge on any atom is 0.263 e. The average molecular weight is 434 g/mol. The van der Waals surface area contributed by atoms with Crippen LogP contribution < -0.4 is 4.74 Å². The summed E-state index contributed by atoms with van der Waals surface area (Å²) in [7, 11) is 1.65. The smallest absolute Gasteiger partial charge is 0.263 e. The van der Waals surface area contributed by atoms with Crippen LogP contribution in [0.25, 0.3) is 11.4 Å². The summed E-state index contributed by atoms with van der Waals surface area (Å²) in [5.41, 5.74) is 2.46. The van der Waals surface area contributed by atoms with E-state index in [4.69, 9.17) is 32.5 Å². The summed E-state index contributed by atoms with van der Waals surface area (Å²) < 4.78 is 11.1. The van der Waals surface area contributed by atoms with Gasteiger partial charge in [0.2, 0.25) is 11.7 Å². The highest BCUT2D eigenvalue weighted by molar-refractivity contribution is 6.33. The van der Waals surface area contributed by atoms with Crippen LogP contribution in [0.4, 0.5) is 0 Å². The van der Waals surface area contributed by atoms with E-state index in [0.717, 1.165) is 11.1 Å². The fourth-order valence-electron chi connectivity index (χ4n) is 2.89. The first-order valence-electron chi connectivity index (χ1n) is 9.02. The Bertz CT molecular complexity index is 1010. The van der Waals surface area contributed by atoms with Crippen molar-refractivity contribution in [3.8, 4) is 17.1 Å². The van der Waals surface area contributed by atoms with Crippen LogP contribution in [-0.4, -0.2) is 34.1 Å². The summed E-state index contributed by atoms with van der Waals surface area (Å²) in [5.74, 6) is 1.06. The Morgan fingerprint density at radius 1 is 1.21 bits per heavy atom. The van der Waals surface area contributed by atoms with Gasteiger partial charge >= 0.3 is 0 Å². The van der Waals surface area contributed by atoms with E-state index in [-0.39, 0.29) is 12.5 Å². The number of hydrogen-bond donors (Lipinski definition) is 0. The molecule has 0 saturated carbocycles. The van der Waals surface area contributed by atoms with Gasteiger partial charge in [0.25, 0.3) is 5.91 Å². The number of aromatic nitrogens is 2. The summed E-state index contributed by atoms with van der Waals surface area (Å²) in [4.78, 5) is 18.5. The van der Waals surface area contributed by atoms with E-state index in [1.54, 1.807) is 26.1 Å². The van der Waals surface area contributed by atoms with Crippen LogP contribution >= 0.6 is 23.2 Å². The number of likely N-dealkylation sites (N-methyl/N-ethyl adjacent to an activating group) is 1. The molecule has 152 valence electrons. The number of nitrogens with zero attached hydrogens (tertiary/aromatic N) is 3. The number of aryl methyl sites for hydroxylation is 2. The van der Waals surface area contributed by atoms with Crippen LogP contribution in [0, 0.1) is 13.8 Å². The molecule has 0 bridgehead atoms. The molecule has 29 heavy (non-hydrogen) atoms. The number of ether oxygens (including phenoxy) is 1. The van der Waals surface area contributed by atoms with Crippen molar-refractivity contribution in [3.63, 3.8) is 0 Å². The SMILES string of the molecule is Cc1cc(O[C@H](C)C(=O)N(C)Cc2nc(-c3ccccc3Cl)no2)cc(C)c1Cl. The number of amides is 1. The van der Waals surface area contributed by atoms with Crippen LogP contribution in [0.3, 0.4) is 0 Å². The highest BCUT2D eigenvalue weighted by Crippen LogP contribution is 2.27. The molecule has 1 aromatic heterocycles. The Labute approximate surface area is 179 Å². The van der Waals surface area contributed by atoms with Gasteiger partial charge in [-0.05, 0) is 56.2 Å². The van der Waals surface area contributed by atoms with Crippen LogP contribution in [0.1, 0.15) is 23.9 Å². The van der Waals surface area contributed by atoms with Gasteiger partial charge in [-0.3, -0.25) is 4.79 Å². The number of benzene rings is 2. The van der Waals surface area contributed by atoms with Crippen LogP contribution in [0.5, 0.6) is 5.75 Å². The number of hydrogen-bond acceptors (Lipinski definition) is 5. The van der Waals surface area contributed by atoms with E-state index in [0.29, 0.717) is 33.1 Å². The largest absolute Gasteiger partial charge is 0.481 e. The lowest BCUT2D eigenvalue weighted by Gasteiger charge is -2.21. The lowest BCUT2D eigenvalue weighted by atomic mass is 10.1. The van der Waals surface area contributed by atoms with E-state index in [1.807, 2.05) is 38.1 Å². The van der Waals surface area contributed by atoms with Crippen LogP contribution in [0.15, 0.2) is 40.9 Å². The molecule has 1 atom stereocenters. The molecular formula is C21H21Cl2N3O3. The van der Waals surface area contributed by atoms with E-state index in [9.17, 15) is 4.79 Å². The van der Waals surface area contributed by atoms with Crippen molar-refractivity contribution < 1.29 is 14.1 Å². The molecule has 1 heterocycles. The number of rotatable bonds is 6. The number of halogens is 2.